The summed E-state index contributed by atoms with van der Waals surface area (Å²) in [7, 11) is 0. The van der Waals surface area contributed by atoms with Crippen LogP contribution in [0.5, 0.6) is 5.75 Å². The first-order chi connectivity index (χ1) is 9.08. The summed E-state index contributed by atoms with van der Waals surface area (Å²) < 4.78 is 0. The molecule has 0 aliphatic rings. The minimum Gasteiger partial charge on any atom is -0.508 e. The lowest BCUT2D eigenvalue weighted by Crippen LogP contribution is -2.40. The zero-order chi connectivity index (χ0) is 14.3. The molecule has 0 spiro atoms. The van der Waals surface area contributed by atoms with E-state index in [2.05, 4.69) is 5.32 Å². The molecule has 2 amide bonds. The highest BCUT2D eigenvalue weighted by Crippen LogP contribution is 2.15. The van der Waals surface area contributed by atoms with Crippen molar-refractivity contribution in [2.24, 2.45) is 0 Å². The molecule has 19 heavy (non-hydrogen) atoms. The van der Waals surface area contributed by atoms with Gasteiger partial charge in [-0.3, -0.25) is 9.59 Å². The van der Waals surface area contributed by atoms with Crippen LogP contribution in [0.4, 0.5) is 0 Å². The Labute approximate surface area is 113 Å². The van der Waals surface area contributed by atoms with E-state index in [0.717, 1.165) is 0 Å². The number of aromatic hydroxyl groups is 1. The minimum atomic E-state index is -0.276. The van der Waals surface area contributed by atoms with Crippen LogP contribution in [0.25, 0.3) is 0 Å². The molecule has 0 aliphatic carbocycles. The number of para-hydroxylation sites is 1. The van der Waals surface area contributed by atoms with Gasteiger partial charge in [0.05, 0.1) is 13.0 Å². The Kier molecular flexibility index (Phi) is 5.85. The van der Waals surface area contributed by atoms with Gasteiger partial charge in [-0.15, -0.1) is 0 Å². The molecule has 0 heterocycles. The number of amides is 2. The van der Waals surface area contributed by atoms with Gasteiger partial charge < -0.3 is 15.3 Å². The third-order valence-electron chi connectivity index (χ3n) is 2.90. The van der Waals surface area contributed by atoms with Crippen molar-refractivity contribution in [2.75, 3.05) is 19.6 Å². The predicted molar refractivity (Wildman–Crippen MR) is 72.7 cm³/mol. The number of benzene rings is 1. The lowest BCUT2D eigenvalue weighted by molar-refractivity contribution is -0.132. The molecule has 0 aliphatic heterocycles. The molecule has 0 unspecified atom stereocenters. The SMILES string of the molecule is CCN(CC)C(=O)CNC(=O)Cc1ccccc1O. The molecule has 0 bridgehead atoms. The van der Waals surface area contributed by atoms with Crippen molar-refractivity contribution in [1.82, 2.24) is 10.2 Å². The fourth-order valence-corrected chi connectivity index (χ4v) is 1.76. The Morgan fingerprint density at radius 1 is 1.21 bits per heavy atom. The molecule has 1 aromatic rings. The maximum absolute atomic E-state index is 11.7. The van der Waals surface area contributed by atoms with Gasteiger partial charge in [-0.25, -0.2) is 0 Å². The number of hydrogen-bond acceptors (Lipinski definition) is 3. The summed E-state index contributed by atoms with van der Waals surface area (Å²) in [6.07, 6.45) is 0.0677. The topological polar surface area (TPSA) is 69.6 Å². The van der Waals surface area contributed by atoms with Crippen molar-refractivity contribution in [3.05, 3.63) is 29.8 Å². The quantitative estimate of drug-likeness (QED) is 0.802. The molecular weight excluding hydrogens is 244 g/mol. The Hall–Kier alpha value is -2.04. The van der Waals surface area contributed by atoms with Crippen molar-refractivity contribution in [3.8, 4) is 5.75 Å². The number of hydrogen-bond donors (Lipinski definition) is 2. The Morgan fingerprint density at radius 2 is 1.84 bits per heavy atom. The van der Waals surface area contributed by atoms with Gasteiger partial charge in [-0.05, 0) is 19.9 Å². The first-order valence-corrected chi connectivity index (χ1v) is 6.39. The second-order valence-electron chi connectivity index (χ2n) is 4.15. The molecule has 5 nitrogen and oxygen atoms in total. The van der Waals surface area contributed by atoms with Gasteiger partial charge in [0.15, 0.2) is 0 Å². The van der Waals surface area contributed by atoms with E-state index in [9.17, 15) is 14.7 Å². The number of phenolic OH excluding ortho intramolecular Hbond substituents is 1. The van der Waals surface area contributed by atoms with Crippen LogP contribution in [-0.2, 0) is 16.0 Å². The van der Waals surface area contributed by atoms with Crippen molar-refractivity contribution < 1.29 is 14.7 Å². The van der Waals surface area contributed by atoms with E-state index in [1.54, 1.807) is 23.1 Å². The van der Waals surface area contributed by atoms with Crippen LogP contribution in [0.3, 0.4) is 0 Å². The normalized spacial score (nSPS) is 10.0. The molecular formula is C14H20N2O3. The van der Waals surface area contributed by atoms with Crippen LogP contribution in [0.2, 0.25) is 0 Å². The predicted octanol–water partition coefficient (Wildman–Crippen LogP) is 0.919. The van der Waals surface area contributed by atoms with E-state index in [1.807, 2.05) is 13.8 Å². The Balaban J connectivity index is 2.44. The molecule has 104 valence electrons. The summed E-state index contributed by atoms with van der Waals surface area (Å²) >= 11 is 0. The first kappa shape index (κ1) is 15.0. The highest BCUT2D eigenvalue weighted by molar-refractivity contribution is 5.86. The lowest BCUT2D eigenvalue weighted by Gasteiger charge is -2.18. The summed E-state index contributed by atoms with van der Waals surface area (Å²) in [5, 5.41) is 12.1. The van der Waals surface area contributed by atoms with Crippen LogP contribution < -0.4 is 5.32 Å². The molecule has 0 atom stereocenters. The number of carbonyl (C=O) groups is 2. The van der Waals surface area contributed by atoms with Crippen molar-refractivity contribution in [1.29, 1.82) is 0 Å². The van der Waals surface area contributed by atoms with Crippen LogP contribution in [0.15, 0.2) is 24.3 Å². The monoisotopic (exact) mass is 264 g/mol. The average molecular weight is 264 g/mol. The fraction of sp³-hybridized carbons (Fsp3) is 0.429. The third-order valence-corrected chi connectivity index (χ3v) is 2.90. The lowest BCUT2D eigenvalue weighted by atomic mass is 10.1. The van der Waals surface area contributed by atoms with Gasteiger partial charge in [-0.1, -0.05) is 18.2 Å². The molecule has 1 aromatic carbocycles. The van der Waals surface area contributed by atoms with Crippen molar-refractivity contribution >= 4 is 11.8 Å². The van der Waals surface area contributed by atoms with Gasteiger partial charge in [0, 0.05) is 18.7 Å². The van der Waals surface area contributed by atoms with Crippen LogP contribution in [0, 0.1) is 0 Å². The number of rotatable bonds is 6. The summed E-state index contributed by atoms with van der Waals surface area (Å²) in [6.45, 7) is 5.04. The van der Waals surface area contributed by atoms with E-state index in [0.29, 0.717) is 18.7 Å². The first-order valence-electron chi connectivity index (χ1n) is 6.39. The molecule has 0 radical (unpaired) electrons. The van der Waals surface area contributed by atoms with Gasteiger partial charge in [0.25, 0.3) is 0 Å². The largest absolute Gasteiger partial charge is 0.508 e. The summed E-state index contributed by atoms with van der Waals surface area (Å²) in [4.78, 5) is 25.0. The summed E-state index contributed by atoms with van der Waals surface area (Å²) in [5.41, 5.74) is 0.551. The van der Waals surface area contributed by atoms with E-state index >= 15 is 0 Å². The highest BCUT2D eigenvalue weighted by Gasteiger charge is 2.12. The molecule has 0 saturated heterocycles. The number of carbonyl (C=O) groups excluding carboxylic acids is 2. The Bertz CT molecular complexity index is 442. The van der Waals surface area contributed by atoms with Gasteiger partial charge in [0.1, 0.15) is 5.75 Å². The van der Waals surface area contributed by atoms with Gasteiger partial charge >= 0.3 is 0 Å². The number of phenols is 1. The third kappa shape index (κ3) is 4.62. The maximum Gasteiger partial charge on any atom is 0.241 e. The van der Waals surface area contributed by atoms with Crippen molar-refractivity contribution in [3.63, 3.8) is 0 Å². The summed E-state index contributed by atoms with van der Waals surface area (Å²) in [6, 6.07) is 6.66. The van der Waals surface area contributed by atoms with E-state index in [4.69, 9.17) is 0 Å². The van der Waals surface area contributed by atoms with Crippen LogP contribution in [-0.4, -0.2) is 41.5 Å². The molecule has 5 heteroatoms. The number of nitrogens with one attached hydrogen (secondary N) is 1. The van der Waals surface area contributed by atoms with E-state index in [-0.39, 0.29) is 30.5 Å². The van der Waals surface area contributed by atoms with Gasteiger partial charge in [-0.2, -0.15) is 0 Å². The van der Waals surface area contributed by atoms with E-state index < -0.39 is 0 Å². The minimum absolute atomic E-state index is 0.00584. The highest BCUT2D eigenvalue weighted by atomic mass is 16.3. The second-order valence-corrected chi connectivity index (χ2v) is 4.15. The smallest absolute Gasteiger partial charge is 0.241 e. The number of likely N-dealkylation sites (N-methyl/N-ethyl adjacent to an activating group) is 1. The van der Waals surface area contributed by atoms with Crippen LogP contribution in [0.1, 0.15) is 19.4 Å². The van der Waals surface area contributed by atoms with Gasteiger partial charge in [0.2, 0.25) is 11.8 Å². The average Bonchev–Trinajstić information content (AvgIpc) is 2.40. The zero-order valence-electron chi connectivity index (χ0n) is 11.3. The molecule has 2 N–H and O–H groups in total. The molecule has 0 fully saturated rings. The Morgan fingerprint density at radius 3 is 2.42 bits per heavy atom. The maximum atomic E-state index is 11.7. The van der Waals surface area contributed by atoms with Crippen LogP contribution >= 0.6 is 0 Å². The second kappa shape index (κ2) is 7.41. The van der Waals surface area contributed by atoms with Crippen molar-refractivity contribution in [2.45, 2.75) is 20.3 Å². The van der Waals surface area contributed by atoms with E-state index in [1.165, 1.54) is 6.07 Å². The molecule has 0 saturated carbocycles. The zero-order valence-corrected chi connectivity index (χ0v) is 11.3. The molecule has 1 rings (SSSR count). The standard InChI is InChI=1S/C14H20N2O3/c1-3-16(4-2)14(19)10-15-13(18)9-11-7-5-6-8-12(11)17/h5-8,17H,3-4,9-10H2,1-2H3,(H,15,18). The fourth-order valence-electron chi connectivity index (χ4n) is 1.76. The number of nitrogens with zero attached hydrogens (tertiary/aromatic N) is 1. The molecule has 0 aromatic heterocycles. The summed E-state index contributed by atoms with van der Waals surface area (Å²) in [5.74, 6) is -0.287.